The number of ketones is 1. The van der Waals surface area contributed by atoms with Crippen molar-refractivity contribution in [2.24, 2.45) is 0 Å². The number of benzene rings is 1. The van der Waals surface area contributed by atoms with E-state index < -0.39 is 5.82 Å². The van der Waals surface area contributed by atoms with Crippen molar-refractivity contribution in [3.8, 4) is 5.75 Å². The highest BCUT2D eigenvalue weighted by molar-refractivity contribution is 7.10. The van der Waals surface area contributed by atoms with Crippen LogP contribution in [-0.2, 0) is 0 Å². The minimum atomic E-state index is -0.406. The molecule has 3 rings (SSSR count). The zero-order chi connectivity index (χ0) is 12.7. The Balaban J connectivity index is 2.00. The Bertz CT molecular complexity index is 618. The van der Waals surface area contributed by atoms with Crippen molar-refractivity contribution in [3.05, 3.63) is 51.5 Å². The molecule has 0 radical (unpaired) electrons. The molecule has 1 unspecified atom stereocenters. The summed E-state index contributed by atoms with van der Waals surface area (Å²) in [5.74, 6) is 0.00968. The molecule has 2 aromatic rings. The van der Waals surface area contributed by atoms with Crippen molar-refractivity contribution in [3.63, 3.8) is 0 Å². The van der Waals surface area contributed by atoms with E-state index in [0.717, 1.165) is 10.4 Å². The van der Waals surface area contributed by atoms with Gasteiger partial charge in [-0.25, -0.2) is 4.39 Å². The molecule has 0 bridgehead atoms. The third kappa shape index (κ3) is 1.82. The van der Waals surface area contributed by atoms with Crippen molar-refractivity contribution in [2.45, 2.75) is 19.4 Å². The summed E-state index contributed by atoms with van der Waals surface area (Å²) in [6.45, 7) is 2.00. The van der Waals surface area contributed by atoms with Gasteiger partial charge in [-0.05, 0) is 42.1 Å². The van der Waals surface area contributed by atoms with Crippen LogP contribution in [0.5, 0.6) is 5.75 Å². The van der Waals surface area contributed by atoms with Gasteiger partial charge in [0.2, 0.25) is 0 Å². The Kier molecular flexibility index (Phi) is 2.67. The molecule has 1 aromatic carbocycles. The monoisotopic (exact) mass is 262 g/mol. The van der Waals surface area contributed by atoms with Gasteiger partial charge in [0.05, 0.1) is 12.0 Å². The van der Waals surface area contributed by atoms with Gasteiger partial charge in [0.1, 0.15) is 17.7 Å². The standard InChI is InChI=1S/C14H11FO2S/c1-8-4-5-18-14(8)13-7-11(16)10-6-9(15)2-3-12(10)17-13/h2-6,13H,7H2,1H3. The van der Waals surface area contributed by atoms with Gasteiger partial charge in [-0.3, -0.25) is 4.79 Å². The molecule has 0 saturated carbocycles. The predicted molar refractivity (Wildman–Crippen MR) is 67.8 cm³/mol. The Morgan fingerprint density at radius 1 is 1.39 bits per heavy atom. The molecule has 0 N–H and O–H groups in total. The van der Waals surface area contributed by atoms with E-state index in [0.29, 0.717) is 11.3 Å². The van der Waals surface area contributed by atoms with Gasteiger partial charge in [-0.15, -0.1) is 11.3 Å². The maximum absolute atomic E-state index is 13.1. The maximum Gasteiger partial charge on any atom is 0.170 e. The Morgan fingerprint density at radius 3 is 2.94 bits per heavy atom. The molecule has 0 spiro atoms. The first-order valence-electron chi connectivity index (χ1n) is 5.68. The fourth-order valence-corrected chi connectivity index (χ4v) is 3.11. The molecule has 0 amide bonds. The van der Waals surface area contributed by atoms with E-state index in [1.165, 1.54) is 18.2 Å². The maximum atomic E-state index is 13.1. The van der Waals surface area contributed by atoms with Crippen molar-refractivity contribution < 1.29 is 13.9 Å². The number of ether oxygens (including phenoxy) is 1. The lowest BCUT2D eigenvalue weighted by molar-refractivity contribution is 0.0853. The van der Waals surface area contributed by atoms with Crippen LogP contribution in [-0.4, -0.2) is 5.78 Å². The van der Waals surface area contributed by atoms with Crippen LogP contribution in [0, 0.1) is 12.7 Å². The van der Waals surface area contributed by atoms with E-state index in [-0.39, 0.29) is 18.3 Å². The van der Waals surface area contributed by atoms with E-state index in [4.69, 9.17) is 4.74 Å². The molecular formula is C14H11FO2S. The normalized spacial score (nSPS) is 18.3. The van der Waals surface area contributed by atoms with Crippen LogP contribution in [0.4, 0.5) is 4.39 Å². The van der Waals surface area contributed by atoms with E-state index in [2.05, 4.69) is 0 Å². The topological polar surface area (TPSA) is 26.3 Å². The van der Waals surface area contributed by atoms with Gasteiger partial charge >= 0.3 is 0 Å². The highest BCUT2D eigenvalue weighted by atomic mass is 32.1. The van der Waals surface area contributed by atoms with Crippen molar-refractivity contribution >= 4 is 17.1 Å². The summed E-state index contributed by atoms with van der Waals surface area (Å²) < 4.78 is 18.9. The number of hydrogen-bond donors (Lipinski definition) is 0. The average molecular weight is 262 g/mol. The van der Waals surface area contributed by atoms with Gasteiger partial charge < -0.3 is 4.74 Å². The molecule has 2 nitrogen and oxygen atoms in total. The van der Waals surface area contributed by atoms with Crippen molar-refractivity contribution in [2.75, 3.05) is 0 Å². The van der Waals surface area contributed by atoms with Gasteiger partial charge in [-0.1, -0.05) is 0 Å². The fraction of sp³-hybridized carbons (Fsp3) is 0.214. The van der Waals surface area contributed by atoms with Crippen molar-refractivity contribution in [1.82, 2.24) is 0 Å². The Labute approximate surface area is 108 Å². The first-order chi connectivity index (χ1) is 8.65. The first-order valence-corrected chi connectivity index (χ1v) is 6.56. The molecule has 18 heavy (non-hydrogen) atoms. The van der Waals surface area contributed by atoms with Gasteiger partial charge in [0.15, 0.2) is 5.78 Å². The van der Waals surface area contributed by atoms with Crippen LogP contribution in [0.3, 0.4) is 0 Å². The largest absolute Gasteiger partial charge is 0.484 e. The molecule has 1 aromatic heterocycles. The summed E-state index contributed by atoms with van der Waals surface area (Å²) in [6, 6.07) is 6.09. The van der Waals surface area contributed by atoms with Crippen LogP contribution in [0.25, 0.3) is 0 Å². The van der Waals surface area contributed by atoms with E-state index >= 15 is 0 Å². The number of aryl methyl sites for hydroxylation is 1. The second-order valence-corrected chi connectivity index (χ2v) is 5.29. The zero-order valence-corrected chi connectivity index (χ0v) is 10.6. The number of carbonyl (C=O) groups is 1. The predicted octanol–water partition coefficient (Wildman–Crippen LogP) is 3.90. The molecule has 1 aliphatic rings. The number of halogens is 1. The molecular weight excluding hydrogens is 251 g/mol. The summed E-state index contributed by atoms with van der Waals surface area (Å²) >= 11 is 1.58. The molecule has 1 atom stereocenters. The quantitative estimate of drug-likeness (QED) is 0.779. The molecule has 0 fully saturated rings. The van der Waals surface area contributed by atoms with Gasteiger partial charge in [0, 0.05) is 4.88 Å². The summed E-state index contributed by atoms with van der Waals surface area (Å²) in [4.78, 5) is 13.1. The molecule has 0 aliphatic carbocycles. The van der Waals surface area contributed by atoms with Crippen molar-refractivity contribution in [1.29, 1.82) is 0 Å². The molecule has 92 valence electrons. The third-order valence-corrected chi connectivity index (χ3v) is 4.19. The average Bonchev–Trinajstić information content (AvgIpc) is 2.76. The van der Waals surface area contributed by atoms with E-state index in [1.807, 2.05) is 18.4 Å². The van der Waals surface area contributed by atoms with Crippen LogP contribution in [0.1, 0.15) is 33.3 Å². The van der Waals surface area contributed by atoms with Crippen LogP contribution < -0.4 is 4.74 Å². The molecule has 2 heterocycles. The fourth-order valence-electron chi connectivity index (χ4n) is 2.16. The highest BCUT2D eigenvalue weighted by Crippen LogP contribution is 2.38. The zero-order valence-electron chi connectivity index (χ0n) is 9.77. The minimum Gasteiger partial charge on any atom is -0.484 e. The lowest BCUT2D eigenvalue weighted by Crippen LogP contribution is -2.20. The SMILES string of the molecule is Cc1ccsc1C1CC(=O)c2cc(F)ccc2O1. The molecule has 4 heteroatoms. The number of rotatable bonds is 1. The van der Waals surface area contributed by atoms with Crippen LogP contribution >= 0.6 is 11.3 Å². The van der Waals surface area contributed by atoms with Crippen LogP contribution in [0.15, 0.2) is 29.6 Å². The highest BCUT2D eigenvalue weighted by Gasteiger charge is 2.29. The summed E-state index contributed by atoms with van der Waals surface area (Å²) in [6.07, 6.45) is 0.0353. The number of carbonyl (C=O) groups excluding carboxylic acids is 1. The molecule has 0 saturated heterocycles. The Morgan fingerprint density at radius 2 is 2.22 bits per heavy atom. The second kappa shape index (κ2) is 4.21. The third-order valence-electron chi connectivity index (χ3n) is 3.08. The number of Topliss-reactive ketones (excluding diaryl/α,β-unsaturated/α-hetero) is 1. The van der Waals surface area contributed by atoms with Gasteiger partial charge in [-0.2, -0.15) is 0 Å². The minimum absolute atomic E-state index is 0.0615. The summed E-state index contributed by atoms with van der Waals surface area (Å²) in [7, 11) is 0. The number of hydrogen-bond acceptors (Lipinski definition) is 3. The first kappa shape index (κ1) is 11.4. The summed E-state index contributed by atoms with van der Waals surface area (Å²) in [5, 5.41) is 1.98. The molecule has 1 aliphatic heterocycles. The lowest BCUT2D eigenvalue weighted by atomic mass is 9.99. The second-order valence-electron chi connectivity index (χ2n) is 4.34. The van der Waals surface area contributed by atoms with Gasteiger partial charge in [0.25, 0.3) is 0 Å². The number of thiophene rings is 1. The summed E-state index contributed by atoms with van der Waals surface area (Å²) in [5.41, 5.74) is 1.48. The Hall–Kier alpha value is -1.68. The lowest BCUT2D eigenvalue weighted by Gasteiger charge is -2.25. The number of fused-ring (bicyclic) bond motifs is 1. The van der Waals surface area contributed by atoms with E-state index in [1.54, 1.807) is 11.3 Å². The van der Waals surface area contributed by atoms with E-state index in [9.17, 15) is 9.18 Å². The smallest absolute Gasteiger partial charge is 0.170 e. The van der Waals surface area contributed by atoms with Crippen LogP contribution in [0.2, 0.25) is 0 Å².